The van der Waals surface area contributed by atoms with E-state index in [4.69, 9.17) is 18.6 Å². The molecule has 0 fully saturated rings. The lowest BCUT2D eigenvalue weighted by atomic mass is 10.1. The molecule has 0 bridgehead atoms. The number of benzene rings is 2. The minimum atomic E-state index is -0.0983. The molecule has 1 amide bonds. The molecule has 7 nitrogen and oxygen atoms in total. The number of methoxy groups -OCH3 is 3. The van der Waals surface area contributed by atoms with Crippen molar-refractivity contribution < 1.29 is 23.4 Å². The van der Waals surface area contributed by atoms with Gasteiger partial charge in [0.05, 0.1) is 27.5 Å². The van der Waals surface area contributed by atoms with Crippen molar-refractivity contribution in [2.24, 2.45) is 0 Å². The Kier molecular flexibility index (Phi) is 6.95. The highest BCUT2D eigenvalue weighted by atomic mass is 16.5. The molecule has 0 aliphatic heterocycles. The van der Waals surface area contributed by atoms with E-state index in [2.05, 4.69) is 10.3 Å². The summed E-state index contributed by atoms with van der Waals surface area (Å²) < 4.78 is 21.8. The molecule has 0 radical (unpaired) electrons. The number of aromatic nitrogens is 1. The fourth-order valence-corrected chi connectivity index (χ4v) is 3.02. The van der Waals surface area contributed by atoms with Crippen LogP contribution in [-0.4, -0.2) is 32.2 Å². The number of amides is 1. The Morgan fingerprint density at radius 3 is 2.30 bits per heavy atom. The monoisotopic (exact) mass is 410 g/mol. The smallest absolute Gasteiger partial charge is 0.220 e. The predicted molar refractivity (Wildman–Crippen MR) is 113 cm³/mol. The highest BCUT2D eigenvalue weighted by Crippen LogP contribution is 2.38. The summed E-state index contributed by atoms with van der Waals surface area (Å²) in [5, 5.41) is 2.89. The predicted octanol–water partition coefficient (Wildman–Crippen LogP) is 3.92. The summed E-state index contributed by atoms with van der Waals surface area (Å²) in [6.45, 7) is 2.38. The quantitative estimate of drug-likeness (QED) is 0.576. The van der Waals surface area contributed by atoms with Gasteiger partial charge in [0.25, 0.3) is 0 Å². The second kappa shape index (κ2) is 9.82. The molecule has 158 valence electrons. The molecule has 0 aliphatic carbocycles. The second-order valence-corrected chi connectivity index (χ2v) is 6.79. The molecule has 1 heterocycles. The molecule has 0 atom stereocenters. The summed E-state index contributed by atoms with van der Waals surface area (Å²) in [5.41, 5.74) is 2.99. The molecule has 30 heavy (non-hydrogen) atoms. The highest BCUT2D eigenvalue weighted by Gasteiger charge is 2.14. The Morgan fingerprint density at radius 1 is 1.03 bits per heavy atom. The normalized spacial score (nSPS) is 10.5. The van der Waals surface area contributed by atoms with Crippen LogP contribution in [0.25, 0.3) is 11.3 Å². The Balaban J connectivity index is 1.55. The Morgan fingerprint density at radius 2 is 1.70 bits per heavy atom. The van der Waals surface area contributed by atoms with Gasteiger partial charge in [-0.3, -0.25) is 4.79 Å². The van der Waals surface area contributed by atoms with E-state index < -0.39 is 0 Å². The minimum absolute atomic E-state index is 0.0983. The number of aryl methyl sites for hydroxylation is 2. The molecule has 0 saturated carbocycles. The number of ether oxygens (including phenoxy) is 3. The number of nitrogens with one attached hydrogen (secondary N) is 1. The summed E-state index contributed by atoms with van der Waals surface area (Å²) in [5.74, 6) is 2.74. The first-order valence-electron chi connectivity index (χ1n) is 9.61. The summed E-state index contributed by atoms with van der Waals surface area (Å²) in [6, 6.07) is 11.6. The van der Waals surface area contributed by atoms with E-state index in [0.717, 1.165) is 11.1 Å². The van der Waals surface area contributed by atoms with Crippen LogP contribution in [0.2, 0.25) is 0 Å². The van der Waals surface area contributed by atoms with Crippen LogP contribution in [0.15, 0.2) is 47.0 Å². The molecular formula is C23H26N2O5. The molecule has 0 aliphatic rings. The van der Waals surface area contributed by atoms with Crippen LogP contribution in [0.3, 0.4) is 0 Å². The maximum Gasteiger partial charge on any atom is 0.220 e. The van der Waals surface area contributed by atoms with E-state index in [9.17, 15) is 4.79 Å². The molecule has 0 spiro atoms. The zero-order valence-electron chi connectivity index (χ0n) is 17.7. The SMILES string of the molecule is COc1cc(CNC(=O)CCc2ncc(-c3ccc(C)cc3)o2)cc(OC)c1OC. The maximum absolute atomic E-state index is 12.3. The van der Waals surface area contributed by atoms with Gasteiger partial charge in [-0.25, -0.2) is 4.98 Å². The molecule has 1 N–H and O–H groups in total. The number of carbonyl (C=O) groups excluding carboxylic acids is 1. The first-order chi connectivity index (χ1) is 14.5. The zero-order valence-corrected chi connectivity index (χ0v) is 17.7. The third-order valence-electron chi connectivity index (χ3n) is 4.67. The molecule has 2 aromatic carbocycles. The maximum atomic E-state index is 12.3. The molecule has 3 rings (SSSR count). The largest absolute Gasteiger partial charge is 0.493 e. The number of rotatable bonds is 9. The summed E-state index contributed by atoms with van der Waals surface area (Å²) in [4.78, 5) is 16.5. The molecule has 3 aromatic rings. The third kappa shape index (κ3) is 5.11. The lowest BCUT2D eigenvalue weighted by molar-refractivity contribution is -0.121. The van der Waals surface area contributed by atoms with Crippen molar-refractivity contribution in [3.05, 3.63) is 59.6 Å². The van der Waals surface area contributed by atoms with Gasteiger partial charge in [0, 0.05) is 24.9 Å². The van der Waals surface area contributed by atoms with E-state index in [0.29, 0.717) is 41.9 Å². The molecule has 7 heteroatoms. The van der Waals surface area contributed by atoms with Gasteiger partial charge in [-0.1, -0.05) is 29.8 Å². The number of carbonyl (C=O) groups is 1. The van der Waals surface area contributed by atoms with Gasteiger partial charge >= 0.3 is 0 Å². The number of hydrogen-bond acceptors (Lipinski definition) is 6. The van der Waals surface area contributed by atoms with E-state index in [-0.39, 0.29) is 12.3 Å². The van der Waals surface area contributed by atoms with E-state index in [1.54, 1.807) is 27.5 Å². The van der Waals surface area contributed by atoms with Gasteiger partial charge in [-0.05, 0) is 24.6 Å². The Bertz CT molecular complexity index is 970. The summed E-state index contributed by atoms with van der Waals surface area (Å²) in [6.07, 6.45) is 2.39. The van der Waals surface area contributed by atoms with Crippen LogP contribution in [0.5, 0.6) is 17.2 Å². The average Bonchev–Trinajstić information content (AvgIpc) is 3.24. The zero-order chi connectivity index (χ0) is 21.5. The number of oxazole rings is 1. The van der Waals surface area contributed by atoms with Crippen LogP contribution in [0, 0.1) is 6.92 Å². The van der Waals surface area contributed by atoms with E-state index in [1.807, 2.05) is 43.3 Å². The van der Waals surface area contributed by atoms with Gasteiger partial charge in [-0.2, -0.15) is 0 Å². The Hall–Kier alpha value is -3.48. The first-order valence-corrected chi connectivity index (χ1v) is 9.61. The van der Waals surface area contributed by atoms with Crippen LogP contribution >= 0.6 is 0 Å². The van der Waals surface area contributed by atoms with Crippen LogP contribution < -0.4 is 19.5 Å². The molecular weight excluding hydrogens is 384 g/mol. The summed E-state index contributed by atoms with van der Waals surface area (Å²) >= 11 is 0. The average molecular weight is 410 g/mol. The highest BCUT2D eigenvalue weighted by molar-refractivity contribution is 5.76. The van der Waals surface area contributed by atoms with Crippen molar-refractivity contribution in [1.82, 2.24) is 10.3 Å². The lowest BCUT2D eigenvalue weighted by Gasteiger charge is -2.14. The third-order valence-corrected chi connectivity index (χ3v) is 4.67. The van der Waals surface area contributed by atoms with Crippen molar-refractivity contribution in [1.29, 1.82) is 0 Å². The van der Waals surface area contributed by atoms with Crippen molar-refractivity contribution in [2.45, 2.75) is 26.3 Å². The van der Waals surface area contributed by atoms with Gasteiger partial charge in [0.15, 0.2) is 23.1 Å². The van der Waals surface area contributed by atoms with Crippen LogP contribution in [-0.2, 0) is 17.8 Å². The first kappa shape index (κ1) is 21.2. The lowest BCUT2D eigenvalue weighted by Crippen LogP contribution is -2.23. The van der Waals surface area contributed by atoms with Gasteiger partial charge in [0.1, 0.15) is 0 Å². The molecule has 0 saturated heterocycles. The van der Waals surface area contributed by atoms with Crippen molar-refractivity contribution in [3.63, 3.8) is 0 Å². The van der Waals surface area contributed by atoms with Crippen molar-refractivity contribution in [3.8, 4) is 28.6 Å². The molecule has 1 aromatic heterocycles. The van der Waals surface area contributed by atoms with Gasteiger partial charge < -0.3 is 23.9 Å². The van der Waals surface area contributed by atoms with Gasteiger partial charge in [-0.15, -0.1) is 0 Å². The fourth-order valence-electron chi connectivity index (χ4n) is 3.02. The minimum Gasteiger partial charge on any atom is -0.493 e. The number of nitrogens with zero attached hydrogens (tertiary/aromatic N) is 1. The van der Waals surface area contributed by atoms with Gasteiger partial charge in [0.2, 0.25) is 11.7 Å². The van der Waals surface area contributed by atoms with Crippen molar-refractivity contribution in [2.75, 3.05) is 21.3 Å². The molecule has 0 unspecified atom stereocenters. The standard InChI is InChI=1S/C23H26N2O5/c1-15-5-7-17(8-6-15)20-14-25-22(30-20)10-9-21(26)24-13-16-11-18(27-2)23(29-4)19(12-16)28-3/h5-8,11-12,14H,9-10,13H2,1-4H3,(H,24,26). The second-order valence-electron chi connectivity index (χ2n) is 6.79. The van der Waals surface area contributed by atoms with Crippen LogP contribution in [0.4, 0.5) is 0 Å². The van der Waals surface area contributed by atoms with Crippen LogP contribution in [0.1, 0.15) is 23.4 Å². The van der Waals surface area contributed by atoms with Crippen molar-refractivity contribution >= 4 is 5.91 Å². The number of hydrogen-bond donors (Lipinski definition) is 1. The topological polar surface area (TPSA) is 82.8 Å². The summed E-state index contributed by atoms with van der Waals surface area (Å²) in [7, 11) is 4.66. The van der Waals surface area contributed by atoms with E-state index in [1.165, 1.54) is 5.56 Å². The fraction of sp³-hybridized carbons (Fsp3) is 0.304. The van der Waals surface area contributed by atoms with E-state index >= 15 is 0 Å². The Labute approximate surface area is 176 Å².